The van der Waals surface area contributed by atoms with Gasteiger partial charge in [-0.25, -0.2) is 4.98 Å². The number of amides is 1. The van der Waals surface area contributed by atoms with Crippen LogP contribution < -0.4 is 16.4 Å². The molecule has 2 saturated heterocycles. The number of rotatable bonds is 6. The van der Waals surface area contributed by atoms with Crippen LogP contribution in [0, 0.1) is 0 Å². The standard InChI is InChI=1S/C18H29N5O2/c19-17-6-5-15(11-21-17)22-14-3-1-8-23(9-7-14)18(24)13-20-12-16-4-2-10-25-16/h5-6,11,14,16,20,22H,1-4,7-10,12-13H2,(H2,19,21)/t14-,16+/m0/s1. The number of hydrogen-bond acceptors (Lipinski definition) is 6. The average Bonchev–Trinajstić information content (AvgIpc) is 3.02. The van der Waals surface area contributed by atoms with Gasteiger partial charge in [-0.2, -0.15) is 0 Å². The van der Waals surface area contributed by atoms with Gasteiger partial charge in [-0.3, -0.25) is 4.79 Å². The fourth-order valence-corrected chi connectivity index (χ4v) is 3.47. The van der Waals surface area contributed by atoms with Crippen LogP contribution in [0.25, 0.3) is 0 Å². The number of ether oxygens (including phenoxy) is 1. The van der Waals surface area contributed by atoms with Crippen LogP contribution in [-0.4, -0.2) is 60.7 Å². The van der Waals surface area contributed by atoms with Crippen molar-refractivity contribution in [3.8, 4) is 0 Å². The van der Waals surface area contributed by atoms with Gasteiger partial charge in [-0.15, -0.1) is 0 Å². The van der Waals surface area contributed by atoms with Gasteiger partial charge < -0.3 is 26.0 Å². The predicted molar refractivity (Wildman–Crippen MR) is 98.3 cm³/mol. The monoisotopic (exact) mass is 347 g/mol. The molecular formula is C18H29N5O2. The Labute approximate surface area is 149 Å². The quantitative estimate of drug-likeness (QED) is 0.717. The number of hydrogen-bond donors (Lipinski definition) is 3. The summed E-state index contributed by atoms with van der Waals surface area (Å²) in [7, 11) is 0. The molecule has 138 valence electrons. The van der Waals surface area contributed by atoms with E-state index < -0.39 is 0 Å². The van der Waals surface area contributed by atoms with E-state index in [4.69, 9.17) is 10.5 Å². The zero-order valence-electron chi connectivity index (χ0n) is 14.7. The highest BCUT2D eigenvalue weighted by Gasteiger charge is 2.21. The molecule has 3 heterocycles. The van der Waals surface area contributed by atoms with Gasteiger partial charge in [0, 0.05) is 32.3 Å². The molecule has 2 aliphatic rings. The number of carbonyl (C=O) groups excluding carboxylic acids is 1. The van der Waals surface area contributed by atoms with E-state index >= 15 is 0 Å². The van der Waals surface area contributed by atoms with Crippen LogP contribution in [0.3, 0.4) is 0 Å². The molecular weight excluding hydrogens is 318 g/mol. The predicted octanol–water partition coefficient (Wildman–Crippen LogP) is 1.23. The number of anilines is 2. The van der Waals surface area contributed by atoms with Gasteiger partial charge in [0.1, 0.15) is 5.82 Å². The Morgan fingerprint density at radius 3 is 2.96 bits per heavy atom. The lowest BCUT2D eigenvalue weighted by atomic mass is 10.1. The van der Waals surface area contributed by atoms with Crippen LogP contribution in [0.1, 0.15) is 32.1 Å². The number of aromatic nitrogens is 1. The molecule has 0 aromatic carbocycles. The van der Waals surface area contributed by atoms with Crippen LogP contribution in [-0.2, 0) is 9.53 Å². The third-order valence-electron chi connectivity index (χ3n) is 4.91. The second-order valence-corrected chi connectivity index (χ2v) is 6.89. The number of carbonyl (C=O) groups is 1. The van der Waals surface area contributed by atoms with Crippen LogP contribution in [0.5, 0.6) is 0 Å². The van der Waals surface area contributed by atoms with Gasteiger partial charge in [0.05, 0.1) is 24.5 Å². The molecule has 1 aromatic rings. The van der Waals surface area contributed by atoms with Gasteiger partial charge in [-0.05, 0) is 44.2 Å². The zero-order valence-corrected chi connectivity index (χ0v) is 14.7. The Morgan fingerprint density at radius 1 is 1.28 bits per heavy atom. The van der Waals surface area contributed by atoms with Crippen molar-refractivity contribution in [2.75, 3.05) is 43.8 Å². The summed E-state index contributed by atoms with van der Waals surface area (Å²) < 4.78 is 5.57. The highest BCUT2D eigenvalue weighted by Crippen LogP contribution is 2.17. The van der Waals surface area contributed by atoms with Crippen molar-refractivity contribution in [3.63, 3.8) is 0 Å². The van der Waals surface area contributed by atoms with Crippen molar-refractivity contribution in [2.45, 2.75) is 44.2 Å². The minimum Gasteiger partial charge on any atom is -0.384 e. The van der Waals surface area contributed by atoms with Crippen LogP contribution >= 0.6 is 0 Å². The highest BCUT2D eigenvalue weighted by molar-refractivity contribution is 5.78. The Bertz CT molecular complexity index is 545. The Morgan fingerprint density at radius 2 is 2.20 bits per heavy atom. The fourth-order valence-electron chi connectivity index (χ4n) is 3.47. The molecule has 7 heteroatoms. The number of nitrogens with one attached hydrogen (secondary N) is 2. The molecule has 3 rings (SSSR count). The lowest BCUT2D eigenvalue weighted by Crippen LogP contribution is -2.41. The van der Waals surface area contributed by atoms with Crippen molar-refractivity contribution in [1.29, 1.82) is 0 Å². The van der Waals surface area contributed by atoms with Crippen molar-refractivity contribution >= 4 is 17.4 Å². The van der Waals surface area contributed by atoms with E-state index in [0.29, 0.717) is 18.4 Å². The molecule has 7 nitrogen and oxygen atoms in total. The first-order valence-electron chi connectivity index (χ1n) is 9.29. The van der Waals surface area contributed by atoms with E-state index in [-0.39, 0.29) is 12.0 Å². The van der Waals surface area contributed by atoms with Crippen LogP contribution in [0.15, 0.2) is 18.3 Å². The molecule has 1 amide bonds. The lowest BCUT2D eigenvalue weighted by molar-refractivity contribution is -0.130. The zero-order chi connectivity index (χ0) is 17.5. The molecule has 0 radical (unpaired) electrons. The van der Waals surface area contributed by atoms with Gasteiger partial charge in [0.15, 0.2) is 0 Å². The first-order valence-corrected chi connectivity index (χ1v) is 9.29. The number of nitrogens with two attached hydrogens (primary N) is 1. The summed E-state index contributed by atoms with van der Waals surface area (Å²) in [6.45, 7) is 3.65. The molecule has 0 aliphatic carbocycles. The van der Waals surface area contributed by atoms with Crippen molar-refractivity contribution in [3.05, 3.63) is 18.3 Å². The normalized spacial score (nSPS) is 24.1. The van der Waals surface area contributed by atoms with Crippen LogP contribution in [0.2, 0.25) is 0 Å². The average molecular weight is 347 g/mol. The van der Waals surface area contributed by atoms with E-state index in [1.54, 1.807) is 12.3 Å². The maximum absolute atomic E-state index is 12.4. The summed E-state index contributed by atoms with van der Waals surface area (Å²) in [6, 6.07) is 4.11. The molecule has 0 unspecified atom stereocenters. The Balaban J connectivity index is 1.39. The van der Waals surface area contributed by atoms with E-state index in [9.17, 15) is 4.79 Å². The maximum atomic E-state index is 12.4. The Hall–Kier alpha value is -1.86. The van der Waals surface area contributed by atoms with Crippen molar-refractivity contribution in [2.24, 2.45) is 0 Å². The molecule has 2 atom stereocenters. The molecule has 25 heavy (non-hydrogen) atoms. The topological polar surface area (TPSA) is 92.5 Å². The third kappa shape index (κ3) is 5.57. The minimum absolute atomic E-state index is 0.188. The molecule has 2 aliphatic heterocycles. The molecule has 4 N–H and O–H groups in total. The summed E-state index contributed by atoms with van der Waals surface area (Å²) in [4.78, 5) is 18.5. The SMILES string of the molecule is Nc1ccc(N[C@H]2CCCN(C(=O)CNC[C@H]3CCCO3)CC2)cn1. The van der Waals surface area contributed by atoms with Crippen molar-refractivity contribution in [1.82, 2.24) is 15.2 Å². The highest BCUT2D eigenvalue weighted by atomic mass is 16.5. The number of likely N-dealkylation sites (tertiary alicyclic amines) is 1. The van der Waals surface area contributed by atoms with E-state index in [1.807, 2.05) is 11.0 Å². The van der Waals surface area contributed by atoms with Crippen LogP contribution in [0.4, 0.5) is 11.5 Å². The second kappa shape index (κ2) is 9.01. The molecule has 0 bridgehead atoms. The van der Waals surface area contributed by atoms with Gasteiger partial charge in [0.25, 0.3) is 0 Å². The fraction of sp³-hybridized carbons (Fsp3) is 0.667. The lowest BCUT2D eigenvalue weighted by Gasteiger charge is -2.22. The Kier molecular flexibility index (Phi) is 6.47. The summed E-state index contributed by atoms with van der Waals surface area (Å²) in [6.07, 6.45) is 7.27. The maximum Gasteiger partial charge on any atom is 0.236 e. The summed E-state index contributed by atoms with van der Waals surface area (Å²) in [5.41, 5.74) is 6.60. The summed E-state index contributed by atoms with van der Waals surface area (Å²) in [5, 5.41) is 6.75. The number of nitrogens with zero attached hydrogens (tertiary/aromatic N) is 2. The first kappa shape index (κ1) is 17.9. The van der Waals surface area contributed by atoms with E-state index in [1.165, 1.54) is 0 Å². The summed E-state index contributed by atoms with van der Waals surface area (Å²) in [5.74, 6) is 0.714. The number of pyridine rings is 1. The number of nitrogen functional groups attached to an aromatic ring is 1. The third-order valence-corrected chi connectivity index (χ3v) is 4.91. The van der Waals surface area contributed by atoms with Gasteiger partial charge in [0.2, 0.25) is 5.91 Å². The van der Waals surface area contributed by atoms with E-state index in [2.05, 4.69) is 15.6 Å². The molecule has 1 aromatic heterocycles. The van der Waals surface area contributed by atoms with Gasteiger partial charge >= 0.3 is 0 Å². The van der Waals surface area contributed by atoms with E-state index in [0.717, 1.165) is 64.0 Å². The molecule has 0 saturated carbocycles. The smallest absolute Gasteiger partial charge is 0.236 e. The first-order chi connectivity index (χ1) is 12.2. The van der Waals surface area contributed by atoms with Crippen molar-refractivity contribution < 1.29 is 9.53 Å². The second-order valence-electron chi connectivity index (χ2n) is 6.89. The summed E-state index contributed by atoms with van der Waals surface area (Å²) >= 11 is 0. The molecule has 2 fully saturated rings. The van der Waals surface area contributed by atoms with Gasteiger partial charge in [-0.1, -0.05) is 0 Å². The molecule has 0 spiro atoms. The largest absolute Gasteiger partial charge is 0.384 e. The minimum atomic E-state index is 0.188.